The zero-order chi connectivity index (χ0) is 24.0. The Kier molecular flexibility index (Phi) is 7.47. The molecule has 0 atom stereocenters. The van der Waals surface area contributed by atoms with Crippen LogP contribution in [-0.2, 0) is 19.6 Å². The van der Waals surface area contributed by atoms with Gasteiger partial charge in [-0.1, -0.05) is 35.9 Å². The Morgan fingerprint density at radius 2 is 1.42 bits per heavy atom. The summed E-state index contributed by atoms with van der Waals surface area (Å²) in [5, 5.41) is 2.90. The number of ether oxygens (including phenoxy) is 1. The zero-order valence-electron chi connectivity index (χ0n) is 17.4. The molecule has 0 radical (unpaired) electrons. The maximum absolute atomic E-state index is 12.6. The van der Waals surface area contributed by atoms with Crippen LogP contribution in [0, 0.1) is 0 Å². The van der Waals surface area contributed by atoms with E-state index in [1.54, 1.807) is 30.3 Å². The van der Waals surface area contributed by atoms with Crippen molar-refractivity contribution in [2.45, 2.75) is 11.8 Å². The van der Waals surface area contributed by atoms with E-state index in [0.717, 1.165) is 0 Å². The first-order valence-corrected chi connectivity index (χ1v) is 11.5. The number of hydrogen-bond acceptors (Lipinski definition) is 6. The maximum atomic E-state index is 12.6. The van der Waals surface area contributed by atoms with Crippen molar-refractivity contribution >= 4 is 50.7 Å². The Morgan fingerprint density at radius 3 is 2.06 bits per heavy atom. The minimum absolute atomic E-state index is 0.0141. The van der Waals surface area contributed by atoms with Crippen LogP contribution in [0.1, 0.15) is 27.6 Å². The third kappa shape index (κ3) is 6.18. The van der Waals surface area contributed by atoms with Crippen molar-refractivity contribution in [3.05, 3.63) is 88.9 Å². The molecule has 0 saturated carbocycles. The summed E-state index contributed by atoms with van der Waals surface area (Å²) in [6.07, 6.45) is 0. The fourth-order valence-electron chi connectivity index (χ4n) is 2.86. The molecule has 3 rings (SSSR count). The van der Waals surface area contributed by atoms with Crippen molar-refractivity contribution < 1.29 is 27.5 Å². The summed E-state index contributed by atoms with van der Waals surface area (Å²) in [7, 11) is -4.00. The average Bonchev–Trinajstić information content (AvgIpc) is 2.78. The van der Waals surface area contributed by atoms with Gasteiger partial charge in [-0.3, -0.25) is 14.3 Å². The van der Waals surface area contributed by atoms with Gasteiger partial charge in [0.25, 0.3) is 15.9 Å². The van der Waals surface area contributed by atoms with E-state index in [0.29, 0.717) is 16.3 Å². The smallest absolute Gasteiger partial charge is 0.340 e. The van der Waals surface area contributed by atoms with Gasteiger partial charge in [0.1, 0.15) is 0 Å². The number of nitrogens with one attached hydrogen (secondary N) is 2. The molecule has 33 heavy (non-hydrogen) atoms. The van der Waals surface area contributed by atoms with Crippen LogP contribution < -0.4 is 10.0 Å². The number of halogens is 1. The van der Waals surface area contributed by atoms with Gasteiger partial charge in [0, 0.05) is 10.6 Å². The predicted octanol–water partition coefficient (Wildman–Crippen LogP) is 4.14. The van der Waals surface area contributed by atoms with Gasteiger partial charge in [-0.2, -0.15) is 0 Å². The molecule has 170 valence electrons. The van der Waals surface area contributed by atoms with Gasteiger partial charge >= 0.3 is 5.97 Å². The molecule has 0 aliphatic carbocycles. The lowest BCUT2D eigenvalue weighted by atomic mass is 10.1. The molecule has 2 N–H and O–H groups in total. The average molecular weight is 487 g/mol. The molecule has 1 amide bonds. The summed E-state index contributed by atoms with van der Waals surface area (Å²) in [5.74, 6) is -1.79. The van der Waals surface area contributed by atoms with Gasteiger partial charge in [-0.15, -0.1) is 0 Å². The second kappa shape index (κ2) is 10.3. The number of carbonyl (C=O) groups excluding carboxylic acids is 3. The van der Waals surface area contributed by atoms with Crippen molar-refractivity contribution in [1.29, 1.82) is 0 Å². The van der Waals surface area contributed by atoms with E-state index in [9.17, 15) is 22.8 Å². The number of anilines is 2. The number of Topliss-reactive ketones (excluding diaryl/α,β-unsaturated/α-hetero) is 1. The van der Waals surface area contributed by atoms with Crippen LogP contribution in [0.4, 0.5) is 11.4 Å². The maximum Gasteiger partial charge on any atom is 0.340 e. The number of amides is 1. The molecular formula is C23H19ClN2O6S. The molecule has 0 aliphatic rings. The van der Waals surface area contributed by atoms with E-state index < -0.39 is 28.5 Å². The standard InChI is InChI=1S/C23H19ClN2O6S/c1-15(27)18-6-2-4-8-20(18)25-22(28)14-32-23(29)19-7-3-5-9-21(19)26-33(30,31)17-12-10-16(24)11-13-17/h2-13,26H,14H2,1H3,(H,25,28). The monoisotopic (exact) mass is 486 g/mol. The van der Waals surface area contributed by atoms with Crippen LogP contribution in [0.25, 0.3) is 0 Å². The van der Waals surface area contributed by atoms with Crippen LogP contribution in [0.5, 0.6) is 0 Å². The molecule has 3 aromatic carbocycles. The number of hydrogen-bond donors (Lipinski definition) is 2. The minimum atomic E-state index is -4.00. The molecule has 0 saturated heterocycles. The highest BCUT2D eigenvalue weighted by atomic mass is 35.5. The molecule has 0 spiro atoms. The number of sulfonamides is 1. The molecule has 3 aromatic rings. The number of rotatable bonds is 8. The number of para-hydroxylation sites is 2. The Bertz CT molecular complexity index is 1310. The third-order valence-electron chi connectivity index (χ3n) is 4.43. The third-order valence-corrected chi connectivity index (χ3v) is 6.06. The Hall–Kier alpha value is -3.69. The van der Waals surface area contributed by atoms with Crippen molar-refractivity contribution in [2.75, 3.05) is 16.6 Å². The SMILES string of the molecule is CC(=O)c1ccccc1NC(=O)COC(=O)c1ccccc1NS(=O)(=O)c1ccc(Cl)cc1. The van der Waals surface area contributed by atoms with Gasteiger partial charge in [-0.25, -0.2) is 13.2 Å². The summed E-state index contributed by atoms with van der Waals surface area (Å²) in [6, 6.07) is 17.8. The van der Waals surface area contributed by atoms with Gasteiger partial charge in [0.15, 0.2) is 12.4 Å². The predicted molar refractivity (Wildman–Crippen MR) is 124 cm³/mol. The van der Waals surface area contributed by atoms with E-state index in [1.165, 1.54) is 49.4 Å². The fraction of sp³-hybridized carbons (Fsp3) is 0.0870. The van der Waals surface area contributed by atoms with Gasteiger partial charge in [0.2, 0.25) is 0 Å². The van der Waals surface area contributed by atoms with Crippen molar-refractivity contribution in [3.8, 4) is 0 Å². The molecule has 0 aliphatic heterocycles. The second-order valence-corrected chi connectivity index (χ2v) is 8.95. The van der Waals surface area contributed by atoms with E-state index in [4.69, 9.17) is 16.3 Å². The van der Waals surface area contributed by atoms with E-state index in [2.05, 4.69) is 10.0 Å². The first kappa shape index (κ1) is 24.0. The molecule has 0 fully saturated rings. The molecule has 10 heteroatoms. The lowest BCUT2D eigenvalue weighted by molar-refractivity contribution is -0.119. The van der Waals surface area contributed by atoms with Crippen LogP contribution in [0.15, 0.2) is 77.7 Å². The van der Waals surface area contributed by atoms with Crippen molar-refractivity contribution in [3.63, 3.8) is 0 Å². The zero-order valence-corrected chi connectivity index (χ0v) is 18.9. The van der Waals surface area contributed by atoms with E-state index in [1.807, 2.05) is 0 Å². The summed E-state index contributed by atoms with van der Waals surface area (Å²) in [6.45, 7) is 0.733. The molecular weight excluding hydrogens is 468 g/mol. The molecule has 0 heterocycles. The lowest BCUT2D eigenvalue weighted by Gasteiger charge is -2.13. The first-order chi connectivity index (χ1) is 15.7. The Balaban J connectivity index is 1.70. The van der Waals surface area contributed by atoms with Gasteiger partial charge < -0.3 is 10.1 Å². The highest BCUT2D eigenvalue weighted by Gasteiger charge is 2.20. The number of benzene rings is 3. The number of esters is 1. The highest BCUT2D eigenvalue weighted by molar-refractivity contribution is 7.92. The number of ketones is 1. The normalized spacial score (nSPS) is 10.8. The lowest BCUT2D eigenvalue weighted by Crippen LogP contribution is -2.23. The summed E-state index contributed by atoms with van der Waals surface area (Å²) < 4.78 is 32.7. The molecule has 0 bridgehead atoms. The van der Waals surface area contributed by atoms with Crippen LogP contribution in [0.3, 0.4) is 0 Å². The van der Waals surface area contributed by atoms with E-state index in [-0.39, 0.29) is 21.9 Å². The van der Waals surface area contributed by atoms with Crippen molar-refractivity contribution in [2.24, 2.45) is 0 Å². The summed E-state index contributed by atoms with van der Waals surface area (Å²) in [4.78, 5) is 36.4. The van der Waals surface area contributed by atoms with Crippen LogP contribution in [-0.4, -0.2) is 32.7 Å². The van der Waals surface area contributed by atoms with E-state index >= 15 is 0 Å². The Morgan fingerprint density at radius 1 is 0.848 bits per heavy atom. The fourth-order valence-corrected chi connectivity index (χ4v) is 4.07. The minimum Gasteiger partial charge on any atom is -0.452 e. The number of carbonyl (C=O) groups is 3. The van der Waals surface area contributed by atoms with Crippen molar-refractivity contribution in [1.82, 2.24) is 0 Å². The topological polar surface area (TPSA) is 119 Å². The summed E-state index contributed by atoms with van der Waals surface area (Å²) >= 11 is 5.80. The van der Waals surface area contributed by atoms with Gasteiger partial charge in [-0.05, 0) is 55.5 Å². The van der Waals surface area contributed by atoms with Crippen LogP contribution in [0.2, 0.25) is 5.02 Å². The summed E-state index contributed by atoms with van der Waals surface area (Å²) in [5.41, 5.74) is 0.521. The first-order valence-electron chi connectivity index (χ1n) is 9.62. The quantitative estimate of drug-likeness (QED) is 0.365. The van der Waals surface area contributed by atoms with Crippen LogP contribution >= 0.6 is 11.6 Å². The second-order valence-electron chi connectivity index (χ2n) is 6.83. The Labute approximate surface area is 195 Å². The molecule has 0 aromatic heterocycles. The van der Waals surface area contributed by atoms with Gasteiger partial charge in [0.05, 0.1) is 21.8 Å². The highest BCUT2D eigenvalue weighted by Crippen LogP contribution is 2.22. The molecule has 8 nitrogen and oxygen atoms in total. The molecule has 0 unspecified atom stereocenters. The largest absolute Gasteiger partial charge is 0.452 e.